The Balaban J connectivity index is 1.99. The zero-order valence-electron chi connectivity index (χ0n) is 14.5. The normalized spacial score (nSPS) is 13.6. The van der Waals surface area contributed by atoms with Gasteiger partial charge >= 0.3 is 0 Å². The van der Waals surface area contributed by atoms with Crippen molar-refractivity contribution in [1.29, 1.82) is 0 Å². The van der Waals surface area contributed by atoms with Crippen molar-refractivity contribution < 1.29 is 17.9 Å². The minimum absolute atomic E-state index is 0.0629. The van der Waals surface area contributed by atoms with Gasteiger partial charge in [-0.2, -0.15) is 0 Å². The largest absolute Gasteiger partial charge is 0.497 e. The quantitative estimate of drug-likeness (QED) is 0.687. The maximum atomic E-state index is 13.4. The molecular formula is C22H16O4S. The van der Waals surface area contributed by atoms with Gasteiger partial charge in [0.15, 0.2) is 0 Å². The van der Waals surface area contributed by atoms with Gasteiger partial charge in [0.25, 0.3) is 0 Å². The van der Waals surface area contributed by atoms with Crippen molar-refractivity contribution in [2.24, 2.45) is 0 Å². The Morgan fingerprint density at radius 3 is 1.96 bits per heavy atom. The number of ether oxygens (including phenoxy) is 1. The molecule has 0 saturated carbocycles. The lowest BCUT2D eigenvalue weighted by atomic mass is 9.99. The summed E-state index contributed by atoms with van der Waals surface area (Å²) in [5.74, 6) is 0.0764. The highest BCUT2D eigenvalue weighted by Gasteiger charge is 2.38. The van der Waals surface area contributed by atoms with Gasteiger partial charge in [0.1, 0.15) is 10.7 Å². The van der Waals surface area contributed by atoms with Crippen LogP contribution in [-0.2, 0) is 9.84 Å². The summed E-state index contributed by atoms with van der Waals surface area (Å²) in [6, 6.07) is 22.2. The summed E-state index contributed by atoms with van der Waals surface area (Å²) in [5, 5.41) is 0. The van der Waals surface area contributed by atoms with Gasteiger partial charge in [-0.3, -0.25) is 4.79 Å². The van der Waals surface area contributed by atoms with E-state index >= 15 is 0 Å². The average Bonchev–Trinajstić information content (AvgIpc) is 3.02. The van der Waals surface area contributed by atoms with Gasteiger partial charge in [0.05, 0.1) is 12.0 Å². The lowest BCUT2D eigenvalue weighted by molar-refractivity contribution is 0.104. The Morgan fingerprint density at radius 2 is 1.33 bits per heavy atom. The monoisotopic (exact) mass is 376 g/mol. The molecule has 0 aromatic heterocycles. The van der Waals surface area contributed by atoms with Gasteiger partial charge in [-0.05, 0) is 35.4 Å². The number of hydrogen-bond donors (Lipinski definition) is 0. The molecular weight excluding hydrogens is 360 g/mol. The second-order valence-corrected chi connectivity index (χ2v) is 8.01. The summed E-state index contributed by atoms with van der Waals surface area (Å²) >= 11 is 0. The van der Waals surface area contributed by atoms with E-state index in [0.29, 0.717) is 28.0 Å². The van der Waals surface area contributed by atoms with E-state index in [1.165, 1.54) is 19.2 Å². The van der Waals surface area contributed by atoms with Crippen molar-refractivity contribution in [2.45, 2.75) is 4.90 Å². The molecule has 0 aliphatic heterocycles. The number of rotatable bonds is 4. The minimum Gasteiger partial charge on any atom is -0.497 e. The van der Waals surface area contributed by atoms with Crippen LogP contribution in [0.5, 0.6) is 5.75 Å². The summed E-state index contributed by atoms with van der Waals surface area (Å²) in [4.78, 5) is 12.9. The fourth-order valence-corrected chi connectivity index (χ4v) is 4.86. The number of sulfone groups is 1. The number of ketones is 1. The molecule has 5 heteroatoms. The molecule has 0 unspecified atom stereocenters. The number of benzene rings is 3. The molecule has 4 rings (SSSR count). The van der Waals surface area contributed by atoms with Crippen molar-refractivity contribution in [1.82, 2.24) is 0 Å². The third kappa shape index (κ3) is 2.76. The average molecular weight is 376 g/mol. The lowest BCUT2D eigenvalue weighted by Gasteiger charge is -2.10. The standard InChI is InChI=1S/C22H16O4S/c1-26-16-11-13-17(14-12-16)27(24,25)22-20(15-7-3-2-4-8-15)18-9-5-6-10-19(18)21(22)23/h2-14H,1H3. The second kappa shape index (κ2) is 6.52. The fraction of sp³-hybridized carbons (Fsp3) is 0.0455. The van der Waals surface area contributed by atoms with Crippen LogP contribution in [0.1, 0.15) is 21.5 Å². The smallest absolute Gasteiger partial charge is 0.211 e. The number of carbonyl (C=O) groups is 1. The van der Waals surface area contributed by atoms with Crippen LogP contribution >= 0.6 is 0 Å². The highest BCUT2D eigenvalue weighted by molar-refractivity contribution is 7.96. The number of Topliss-reactive ketones (excluding diaryl/α,β-unsaturated/α-hetero) is 1. The molecule has 1 aliphatic rings. The van der Waals surface area contributed by atoms with Gasteiger partial charge in [-0.25, -0.2) is 8.42 Å². The van der Waals surface area contributed by atoms with Crippen LogP contribution in [0.25, 0.3) is 5.57 Å². The number of carbonyl (C=O) groups excluding carboxylic acids is 1. The third-order valence-corrected chi connectivity index (χ3v) is 6.39. The molecule has 3 aromatic carbocycles. The minimum atomic E-state index is -4.00. The molecule has 134 valence electrons. The molecule has 4 nitrogen and oxygen atoms in total. The Morgan fingerprint density at radius 1 is 0.741 bits per heavy atom. The van der Waals surface area contributed by atoms with Crippen LogP contribution in [0, 0.1) is 0 Å². The molecule has 0 fully saturated rings. The number of allylic oxidation sites excluding steroid dienone is 1. The molecule has 0 spiro atoms. The Bertz CT molecular complexity index is 1160. The van der Waals surface area contributed by atoms with Crippen molar-refractivity contribution in [3.8, 4) is 5.75 Å². The predicted molar refractivity (Wildman–Crippen MR) is 103 cm³/mol. The van der Waals surface area contributed by atoms with Gasteiger partial charge in [0.2, 0.25) is 15.6 Å². The molecule has 0 N–H and O–H groups in total. The second-order valence-electron chi connectivity index (χ2n) is 6.12. The van der Waals surface area contributed by atoms with Crippen LogP contribution in [0.15, 0.2) is 88.7 Å². The first-order chi connectivity index (χ1) is 13.0. The first kappa shape index (κ1) is 17.2. The van der Waals surface area contributed by atoms with E-state index in [0.717, 1.165) is 0 Å². The van der Waals surface area contributed by atoms with E-state index in [1.807, 2.05) is 30.3 Å². The summed E-state index contributed by atoms with van der Waals surface area (Å²) in [6.07, 6.45) is 0. The van der Waals surface area contributed by atoms with E-state index in [-0.39, 0.29) is 9.80 Å². The van der Waals surface area contributed by atoms with Crippen molar-refractivity contribution >= 4 is 21.2 Å². The van der Waals surface area contributed by atoms with Gasteiger partial charge < -0.3 is 4.74 Å². The Kier molecular flexibility index (Phi) is 4.16. The first-order valence-electron chi connectivity index (χ1n) is 8.37. The number of methoxy groups -OCH3 is 1. The first-order valence-corrected chi connectivity index (χ1v) is 9.85. The summed E-state index contributed by atoms with van der Waals surface area (Å²) in [5.41, 5.74) is 2.19. The van der Waals surface area contributed by atoms with E-state index in [9.17, 15) is 13.2 Å². The molecule has 1 aliphatic carbocycles. The highest BCUT2D eigenvalue weighted by atomic mass is 32.2. The molecule has 0 atom stereocenters. The van der Waals surface area contributed by atoms with E-state index < -0.39 is 15.6 Å². The zero-order chi connectivity index (χ0) is 19.0. The van der Waals surface area contributed by atoms with Gasteiger partial charge in [-0.1, -0.05) is 54.6 Å². The molecule has 3 aromatic rings. The molecule has 0 amide bonds. The fourth-order valence-electron chi connectivity index (χ4n) is 3.28. The van der Waals surface area contributed by atoms with Crippen LogP contribution in [-0.4, -0.2) is 21.3 Å². The zero-order valence-corrected chi connectivity index (χ0v) is 15.4. The Labute approximate surface area is 157 Å². The molecule has 27 heavy (non-hydrogen) atoms. The SMILES string of the molecule is COc1ccc(S(=O)(=O)C2=C(c3ccccc3)c3ccccc3C2=O)cc1. The molecule has 0 radical (unpaired) electrons. The molecule has 0 saturated heterocycles. The van der Waals surface area contributed by atoms with Crippen molar-refractivity contribution in [3.05, 3.63) is 100 Å². The summed E-state index contributed by atoms with van der Waals surface area (Å²) in [6.45, 7) is 0. The molecule has 0 bridgehead atoms. The Hall–Kier alpha value is -3.18. The predicted octanol–water partition coefficient (Wildman–Crippen LogP) is 4.12. The van der Waals surface area contributed by atoms with Crippen molar-refractivity contribution in [2.75, 3.05) is 7.11 Å². The third-order valence-electron chi connectivity index (χ3n) is 4.58. The van der Waals surface area contributed by atoms with Gasteiger partial charge in [0, 0.05) is 11.1 Å². The highest BCUT2D eigenvalue weighted by Crippen LogP contribution is 2.41. The van der Waals surface area contributed by atoms with Crippen LogP contribution < -0.4 is 4.74 Å². The van der Waals surface area contributed by atoms with Crippen molar-refractivity contribution in [3.63, 3.8) is 0 Å². The summed E-state index contributed by atoms with van der Waals surface area (Å²) < 4.78 is 31.9. The number of hydrogen-bond acceptors (Lipinski definition) is 4. The van der Waals surface area contributed by atoms with Crippen LogP contribution in [0.3, 0.4) is 0 Å². The lowest BCUT2D eigenvalue weighted by Crippen LogP contribution is -2.12. The van der Waals surface area contributed by atoms with E-state index in [4.69, 9.17) is 4.74 Å². The summed E-state index contributed by atoms with van der Waals surface area (Å²) in [7, 11) is -2.49. The maximum Gasteiger partial charge on any atom is 0.211 e. The van der Waals surface area contributed by atoms with Gasteiger partial charge in [-0.15, -0.1) is 0 Å². The maximum absolute atomic E-state index is 13.4. The van der Waals surface area contributed by atoms with Crippen LogP contribution in [0.4, 0.5) is 0 Å². The van der Waals surface area contributed by atoms with E-state index in [1.54, 1.807) is 36.4 Å². The van der Waals surface area contributed by atoms with E-state index in [2.05, 4.69) is 0 Å². The van der Waals surface area contributed by atoms with Crippen LogP contribution in [0.2, 0.25) is 0 Å². The number of fused-ring (bicyclic) bond motifs is 1. The molecule has 0 heterocycles. The topological polar surface area (TPSA) is 60.4 Å².